The maximum atomic E-state index is 4.79. The molecule has 30 heavy (non-hydrogen) atoms. The lowest BCUT2D eigenvalue weighted by Gasteiger charge is -2.06. The van der Waals surface area contributed by atoms with Crippen LogP contribution in [-0.2, 0) is 0 Å². The van der Waals surface area contributed by atoms with Crippen LogP contribution < -0.4 is 0 Å². The minimum absolute atomic E-state index is 0.725. The van der Waals surface area contributed by atoms with Gasteiger partial charge in [0.25, 0.3) is 0 Å². The van der Waals surface area contributed by atoms with E-state index in [0.29, 0.717) is 0 Å². The van der Waals surface area contributed by atoms with Crippen molar-refractivity contribution in [3.63, 3.8) is 0 Å². The number of hydrogen-bond donors (Lipinski definition) is 0. The van der Waals surface area contributed by atoms with Gasteiger partial charge in [0, 0.05) is 34.3 Å². The molecule has 0 bridgehead atoms. The van der Waals surface area contributed by atoms with Crippen LogP contribution in [0, 0.1) is 0 Å². The SMILES string of the molecule is c1ccc2nc(-c3ccc4nc(-c5cnc6ncccc6c5)cnc4c3)ccc2c1. The normalized spacial score (nSPS) is 11.3. The number of aromatic nitrogens is 5. The molecule has 5 heteroatoms. The average Bonchev–Trinajstić information content (AvgIpc) is 2.83. The molecule has 6 aromatic rings. The van der Waals surface area contributed by atoms with Crippen LogP contribution in [0.25, 0.3) is 55.5 Å². The Bertz CT molecular complexity index is 1440. The summed E-state index contributed by atoms with van der Waals surface area (Å²) < 4.78 is 0. The van der Waals surface area contributed by atoms with Crippen molar-refractivity contribution in [2.75, 3.05) is 0 Å². The van der Waals surface area contributed by atoms with Crippen molar-refractivity contribution in [1.29, 1.82) is 0 Å². The van der Waals surface area contributed by atoms with Gasteiger partial charge in [-0.05, 0) is 42.5 Å². The van der Waals surface area contributed by atoms with Crippen LogP contribution in [0.2, 0.25) is 0 Å². The van der Waals surface area contributed by atoms with E-state index in [0.717, 1.165) is 55.5 Å². The topological polar surface area (TPSA) is 64.5 Å². The molecular formula is C25H15N5. The molecule has 0 saturated heterocycles. The molecule has 0 atom stereocenters. The van der Waals surface area contributed by atoms with Gasteiger partial charge >= 0.3 is 0 Å². The van der Waals surface area contributed by atoms with Crippen molar-refractivity contribution in [2.24, 2.45) is 0 Å². The van der Waals surface area contributed by atoms with E-state index in [1.807, 2.05) is 60.7 Å². The third-order valence-corrected chi connectivity index (χ3v) is 5.19. The number of nitrogens with zero attached hydrogens (tertiary/aromatic N) is 5. The van der Waals surface area contributed by atoms with Gasteiger partial charge in [0.2, 0.25) is 0 Å². The van der Waals surface area contributed by atoms with E-state index in [9.17, 15) is 0 Å². The van der Waals surface area contributed by atoms with Gasteiger partial charge in [-0.2, -0.15) is 0 Å². The molecule has 0 aliphatic rings. The highest BCUT2D eigenvalue weighted by Crippen LogP contribution is 2.26. The molecule has 2 aromatic carbocycles. The van der Waals surface area contributed by atoms with E-state index >= 15 is 0 Å². The second-order valence-corrected chi connectivity index (χ2v) is 7.12. The molecule has 140 valence electrons. The summed E-state index contributed by atoms with van der Waals surface area (Å²) in [5, 5.41) is 2.11. The number of hydrogen-bond acceptors (Lipinski definition) is 5. The number of pyridine rings is 3. The maximum Gasteiger partial charge on any atom is 0.159 e. The van der Waals surface area contributed by atoms with Gasteiger partial charge in [0.1, 0.15) is 0 Å². The Kier molecular flexibility index (Phi) is 3.71. The van der Waals surface area contributed by atoms with Crippen molar-refractivity contribution in [3.05, 3.63) is 91.4 Å². The fraction of sp³-hybridized carbons (Fsp3) is 0. The molecule has 0 spiro atoms. The number of rotatable bonds is 2. The lowest BCUT2D eigenvalue weighted by Crippen LogP contribution is -1.92. The molecule has 0 radical (unpaired) electrons. The first-order chi connectivity index (χ1) is 14.8. The Hall–Kier alpha value is -4.25. The largest absolute Gasteiger partial charge is 0.252 e. The van der Waals surface area contributed by atoms with Crippen LogP contribution in [-0.4, -0.2) is 24.9 Å². The van der Waals surface area contributed by atoms with Gasteiger partial charge < -0.3 is 0 Å². The van der Waals surface area contributed by atoms with E-state index in [-0.39, 0.29) is 0 Å². The van der Waals surface area contributed by atoms with E-state index in [1.54, 1.807) is 18.6 Å². The predicted octanol–water partition coefficient (Wildman–Crippen LogP) is 5.46. The summed E-state index contributed by atoms with van der Waals surface area (Å²) >= 11 is 0. The maximum absolute atomic E-state index is 4.79. The highest BCUT2D eigenvalue weighted by Gasteiger charge is 2.08. The standard InChI is InChI=1S/C25H15N5/c1-2-6-20-16(4-1)7-9-21(29-20)17-8-10-22-23(13-17)27-15-24(30-22)19-12-18-5-3-11-26-25(18)28-14-19/h1-15H. The second kappa shape index (κ2) is 6.67. The fourth-order valence-corrected chi connectivity index (χ4v) is 3.64. The summed E-state index contributed by atoms with van der Waals surface area (Å²) in [7, 11) is 0. The molecule has 5 nitrogen and oxygen atoms in total. The van der Waals surface area contributed by atoms with Crippen molar-refractivity contribution in [3.8, 4) is 22.5 Å². The molecule has 4 heterocycles. The first-order valence-corrected chi connectivity index (χ1v) is 9.68. The zero-order valence-corrected chi connectivity index (χ0v) is 15.9. The Balaban J connectivity index is 1.41. The zero-order chi connectivity index (χ0) is 19.9. The Morgan fingerprint density at radius 2 is 1.40 bits per heavy atom. The lowest BCUT2D eigenvalue weighted by atomic mass is 10.1. The van der Waals surface area contributed by atoms with Crippen molar-refractivity contribution in [1.82, 2.24) is 24.9 Å². The molecule has 0 amide bonds. The summed E-state index contributed by atoms with van der Waals surface area (Å²) in [6.07, 6.45) is 5.32. The molecule has 0 unspecified atom stereocenters. The quantitative estimate of drug-likeness (QED) is 0.396. The summed E-state index contributed by atoms with van der Waals surface area (Å²) in [6, 6.07) is 24.3. The zero-order valence-electron chi connectivity index (χ0n) is 15.9. The minimum Gasteiger partial charge on any atom is -0.252 e. The molecule has 4 aromatic heterocycles. The monoisotopic (exact) mass is 385 g/mol. The molecule has 0 saturated carbocycles. The van der Waals surface area contributed by atoms with Crippen molar-refractivity contribution in [2.45, 2.75) is 0 Å². The third kappa shape index (κ3) is 2.84. The molecule has 0 aliphatic heterocycles. The molecule has 0 N–H and O–H groups in total. The lowest BCUT2D eigenvalue weighted by molar-refractivity contribution is 1.26. The Labute approximate surface area is 172 Å². The van der Waals surface area contributed by atoms with Crippen LogP contribution in [0.4, 0.5) is 0 Å². The molecule has 6 rings (SSSR count). The highest BCUT2D eigenvalue weighted by molar-refractivity contribution is 5.86. The van der Waals surface area contributed by atoms with Crippen LogP contribution in [0.5, 0.6) is 0 Å². The van der Waals surface area contributed by atoms with Gasteiger partial charge in [0.05, 0.1) is 34.1 Å². The highest BCUT2D eigenvalue weighted by atomic mass is 14.8. The van der Waals surface area contributed by atoms with E-state index in [4.69, 9.17) is 9.97 Å². The Morgan fingerprint density at radius 1 is 0.500 bits per heavy atom. The first kappa shape index (κ1) is 16.7. The van der Waals surface area contributed by atoms with Crippen LogP contribution in [0.3, 0.4) is 0 Å². The van der Waals surface area contributed by atoms with E-state index in [1.165, 1.54) is 0 Å². The van der Waals surface area contributed by atoms with Crippen LogP contribution in [0.1, 0.15) is 0 Å². The van der Waals surface area contributed by atoms with Gasteiger partial charge in [-0.1, -0.05) is 30.3 Å². The van der Waals surface area contributed by atoms with Crippen LogP contribution in [0.15, 0.2) is 91.4 Å². The summed E-state index contributed by atoms with van der Waals surface area (Å²) in [4.78, 5) is 22.9. The van der Waals surface area contributed by atoms with Gasteiger partial charge in [-0.3, -0.25) is 4.98 Å². The number of fused-ring (bicyclic) bond motifs is 3. The van der Waals surface area contributed by atoms with Crippen molar-refractivity contribution >= 4 is 33.0 Å². The summed E-state index contributed by atoms with van der Waals surface area (Å²) in [5.41, 5.74) is 7.03. The third-order valence-electron chi connectivity index (χ3n) is 5.19. The number of benzene rings is 2. The van der Waals surface area contributed by atoms with Gasteiger partial charge in [0.15, 0.2) is 5.65 Å². The minimum atomic E-state index is 0.725. The average molecular weight is 385 g/mol. The summed E-state index contributed by atoms with van der Waals surface area (Å²) in [5.74, 6) is 0. The number of para-hydroxylation sites is 1. The van der Waals surface area contributed by atoms with E-state index < -0.39 is 0 Å². The molecular weight excluding hydrogens is 370 g/mol. The van der Waals surface area contributed by atoms with E-state index in [2.05, 4.69) is 27.1 Å². The van der Waals surface area contributed by atoms with Gasteiger partial charge in [-0.15, -0.1) is 0 Å². The van der Waals surface area contributed by atoms with Crippen molar-refractivity contribution < 1.29 is 0 Å². The predicted molar refractivity (Wildman–Crippen MR) is 119 cm³/mol. The Morgan fingerprint density at radius 3 is 2.40 bits per heavy atom. The smallest absolute Gasteiger partial charge is 0.159 e. The second-order valence-electron chi connectivity index (χ2n) is 7.12. The first-order valence-electron chi connectivity index (χ1n) is 9.68. The summed E-state index contributed by atoms with van der Waals surface area (Å²) in [6.45, 7) is 0. The van der Waals surface area contributed by atoms with Crippen LogP contribution >= 0.6 is 0 Å². The van der Waals surface area contributed by atoms with Gasteiger partial charge in [-0.25, -0.2) is 19.9 Å². The molecule has 0 aliphatic carbocycles. The molecule has 0 fully saturated rings. The fourth-order valence-electron chi connectivity index (χ4n) is 3.64.